The van der Waals surface area contributed by atoms with Gasteiger partial charge >= 0.3 is 0 Å². The molecular weight excluding hydrogens is 310 g/mol. The highest BCUT2D eigenvalue weighted by molar-refractivity contribution is 7.99. The first-order chi connectivity index (χ1) is 11.2. The minimum Gasteiger partial charge on any atom is -0.353 e. The molecule has 3 aromatic rings. The van der Waals surface area contributed by atoms with Crippen LogP contribution in [0.15, 0.2) is 29.4 Å². The SMILES string of the molecule is Cn1c2ccccc2n2c(SCC(=O)NC3CCCC3)nnc12. The van der Waals surface area contributed by atoms with Gasteiger partial charge in [0.1, 0.15) is 0 Å². The average molecular weight is 329 g/mol. The van der Waals surface area contributed by atoms with Crippen molar-refractivity contribution in [2.45, 2.75) is 36.9 Å². The van der Waals surface area contributed by atoms with Crippen molar-refractivity contribution in [2.75, 3.05) is 5.75 Å². The molecule has 1 fully saturated rings. The van der Waals surface area contributed by atoms with Gasteiger partial charge in [0, 0.05) is 13.1 Å². The molecular formula is C16H19N5OS. The van der Waals surface area contributed by atoms with Crippen LogP contribution in [-0.4, -0.2) is 36.9 Å². The summed E-state index contributed by atoms with van der Waals surface area (Å²) in [4.78, 5) is 12.1. The van der Waals surface area contributed by atoms with Gasteiger partial charge in [-0.2, -0.15) is 0 Å². The molecule has 7 heteroatoms. The van der Waals surface area contributed by atoms with Crippen molar-refractivity contribution in [2.24, 2.45) is 7.05 Å². The highest BCUT2D eigenvalue weighted by Gasteiger charge is 2.19. The second kappa shape index (κ2) is 5.88. The topological polar surface area (TPSA) is 64.2 Å². The molecule has 0 spiro atoms. The molecule has 0 unspecified atom stereocenters. The Morgan fingerprint density at radius 3 is 2.78 bits per heavy atom. The number of aryl methyl sites for hydroxylation is 1. The molecule has 4 rings (SSSR count). The average Bonchev–Trinajstić information content (AvgIpc) is 3.26. The number of carbonyl (C=O) groups excluding carboxylic acids is 1. The summed E-state index contributed by atoms with van der Waals surface area (Å²) in [5.41, 5.74) is 2.17. The third-order valence-electron chi connectivity index (χ3n) is 4.45. The van der Waals surface area contributed by atoms with E-state index in [0.29, 0.717) is 11.8 Å². The summed E-state index contributed by atoms with van der Waals surface area (Å²) in [6.45, 7) is 0. The number of amides is 1. The van der Waals surface area contributed by atoms with Crippen molar-refractivity contribution in [1.29, 1.82) is 0 Å². The van der Waals surface area contributed by atoms with Crippen LogP contribution in [0.3, 0.4) is 0 Å². The van der Waals surface area contributed by atoms with E-state index in [-0.39, 0.29) is 5.91 Å². The van der Waals surface area contributed by atoms with Crippen LogP contribution in [0, 0.1) is 0 Å². The maximum Gasteiger partial charge on any atom is 0.236 e. The lowest BCUT2D eigenvalue weighted by atomic mass is 10.2. The number of imidazole rings is 1. The summed E-state index contributed by atoms with van der Waals surface area (Å²) in [7, 11) is 1.98. The molecule has 1 saturated carbocycles. The molecule has 6 nitrogen and oxygen atoms in total. The molecule has 0 bridgehead atoms. The molecule has 1 aromatic carbocycles. The Balaban J connectivity index is 1.55. The van der Waals surface area contributed by atoms with Gasteiger partial charge in [0.2, 0.25) is 11.7 Å². The molecule has 2 heterocycles. The first-order valence-corrected chi connectivity index (χ1v) is 8.93. The van der Waals surface area contributed by atoms with Crippen LogP contribution in [0.5, 0.6) is 0 Å². The van der Waals surface area contributed by atoms with Crippen molar-refractivity contribution in [3.05, 3.63) is 24.3 Å². The monoisotopic (exact) mass is 329 g/mol. The number of hydrogen-bond acceptors (Lipinski definition) is 4. The van der Waals surface area contributed by atoms with Gasteiger partial charge in [-0.1, -0.05) is 36.7 Å². The smallest absolute Gasteiger partial charge is 0.236 e. The summed E-state index contributed by atoms with van der Waals surface area (Å²) in [5, 5.41) is 12.4. The highest BCUT2D eigenvalue weighted by atomic mass is 32.2. The minimum absolute atomic E-state index is 0.0823. The van der Waals surface area contributed by atoms with E-state index in [0.717, 1.165) is 34.8 Å². The number of benzene rings is 1. The van der Waals surface area contributed by atoms with Crippen LogP contribution < -0.4 is 5.32 Å². The van der Waals surface area contributed by atoms with E-state index in [1.165, 1.54) is 24.6 Å². The van der Waals surface area contributed by atoms with Crippen molar-refractivity contribution in [3.63, 3.8) is 0 Å². The summed E-state index contributed by atoms with van der Waals surface area (Å²) in [6.07, 6.45) is 4.65. The van der Waals surface area contributed by atoms with Gasteiger partial charge in [0.15, 0.2) is 5.16 Å². The summed E-state index contributed by atoms with van der Waals surface area (Å²) in [5.74, 6) is 1.25. The van der Waals surface area contributed by atoms with Crippen LogP contribution in [0.1, 0.15) is 25.7 Å². The van der Waals surface area contributed by atoms with E-state index in [1.54, 1.807) is 0 Å². The Kier molecular flexibility index (Phi) is 3.72. The van der Waals surface area contributed by atoms with Crippen molar-refractivity contribution >= 4 is 34.5 Å². The van der Waals surface area contributed by atoms with E-state index in [2.05, 4.69) is 21.6 Å². The summed E-state index contributed by atoms with van der Waals surface area (Å²) >= 11 is 1.44. The molecule has 1 amide bonds. The van der Waals surface area contributed by atoms with Gasteiger partial charge in [-0.3, -0.25) is 9.20 Å². The van der Waals surface area contributed by atoms with Gasteiger partial charge in [0.05, 0.1) is 16.8 Å². The van der Waals surface area contributed by atoms with Gasteiger partial charge in [0.25, 0.3) is 0 Å². The van der Waals surface area contributed by atoms with E-state index in [9.17, 15) is 4.79 Å². The molecule has 2 aromatic heterocycles. The van der Waals surface area contributed by atoms with E-state index in [1.807, 2.05) is 34.2 Å². The van der Waals surface area contributed by atoms with Crippen molar-refractivity contribution < 1.29 is 4.79 Å². The second-order valence-corrected chi connectivity index (χ2v) is 6.95. The van der Waals surface area contributed by atoms with Gasteiger partial charge in [-0.05, 0) is 25.0 Å². The zero-order valence-corrected chi connectivity index (χ0v) is 13.8. The van der Waals surface area contributed by atoms with Crippen LogP contribution >= 0.6 is 11.8 Å². The maximum absolute atomic E-state index is 12.1. The first-order valence-electron chi connectivity index (χ1n) is 7.95. The number of aromatic nitrogens is 4. The summed E-state index contributed by atoms with van der Waals surface area (Å²) < 4.78 is 4.04. The number of thioether (sulfide) groups is 1. The van der Waals surface area contributed by atoms with Crippen LogP contribution in [-0.2, 0) is 11.8 Å². The molecule has 0 aliphatic heterocycles. The molecule has 120 valence electrons. The Bertz CT molecular complexity index is 862. The number of rotatable bonds is 4. The Hall–Kier alpha value is -2.02. The number of fused-ring (bicyclic) bond motifs is 3. The normalized spacial score (nSPS) is 15.7. The third-order valence-corrected chi connectivity index (χ3v) is 5.38. The van der Waals surface area contributed by atoms with Crippen LogP contribution in [0.4, 0.5) is 0 Å². The molecule has 1 aliphatic carbocycles. The molecule has 0 radical (unpaired) electrons. The lowest BCUT2D eigenvalue weighted by molar-refractivity contribution is -0.119. The molecule has 0 saturated heterocycles. The number of nitrogens with zero attached hydrogens (tertiary/aromatic N) is 4. The fourth-order valence-electron chi connectivity index (χ4n) is 3.30. The Morgan fingerprint density at radius 1 is 1.26 bits per heavy atom. The van der Waals surface area contributed by atoms with Gasteiger partial charge in [-0.25, -0.2) is 0 Å². The number of hydrogen-bond donors (Lipinski definition) is 1. The number of nitrogens with one attached hydrogen (secondary N) is 1. The molecule has 1 aliphatic rings. The largest absolute Gasteiger partial charge is 0.353 e. The quantitative estimate of drug-likeness (QED) is 0.747. The molecule has 1 N–H and O–H groups in total. The second-order valence-electron chi connectivity index (χ2n) is 6.00. The zero-order valence-electron chi connectivity index (χ0n) is 13.0. The summed E-state index contributed by atoms with van der Waals surface area (Å²) in [6, 6.07) is 8.48. The number of carbonyl (C=O) groups is 1. The zero-order chi connectivity index (χ0) is 15.8. The Morgan fingerprint density at radius 2 is 2.00 bits per heavy atom. The minimum atomic E-state index is 0.0823. The van der Waals surface area contributed by atoms with Gasteiger partial charge < -0.3 is 9.88 Å². The van der Waals surface area contributed by atoms with Crippen LogP contribution in [0.25, 0.3) is 16.8 Å². The van der Waals surface area contributed by atoms with E-state index < -0.39 is 0 Å². The molecule has 0 atom stereocenters. The highest BCUT2D eigenvalue weighted by Crippen LogP contribution is 2.25. The fourth-order valence-corrected chi connectivity index (χ4v) is 4.05. The fraction of sp³-hybridized carbons (Fsp3) is 0.438. The Labute approximate surface area is 138 Å². The standard InChI is InChI=1S/C16H19N5OS/c1-20-12-8-4-5-9-13(12)21-15(20)18-19-16(21)23-10-14(22)17-11-6-2-3-7-11/h4-5,8-9,11H,2-3,6-7,10H2,1H3,(H,17,22). The van der Waals surface area contributed by atoms with Crippen LogP contribution in [0.2, 0.25) is 0 Å². The number of para-hydroxylation sites is 2. The van der Waals surface area contributed by atoms with Crippen molar-refractivity contribution in [3.8, 4) is 0 Å². The lowest BCUT2D eigenvalue weighted by Gasteiger charge is -2.10. The van der Waals surface area contributed by atoms with Crippen molar-refractivity contribution in [1.82, 2.24) is 24.5 Å². The molecule has 23 heavy (non-hydrogen) atoms. The third kappa shape index (κ3) is 2.59. The maximum atomic E-state index is 12.1. The van der Waals surface area contributed by atoms with E-state index >= 15 is 0 Å². The lowest BCUT2D eigenvalue weighted by Crippen LogP contribution is -2.33. The van der Waals surface area contributed by atoms with Gasteiger partial charge in [-0.15, -0.1) is 10.2 Å². The van der Waals surface area contributed by atoms with E-state index in [4.69, 9.17) is 0 Å². The first kappa shape index (κ1) is 14.6. The predicted molar refractivity (Wildman–Crippen MR) is 90.6 cm³/mol. The predicted octanol–water partition coefficient (Wildman–Crippen LogP) is 2.37.